The van der Waals surface area contributed by atoms with Gasteiger partial charge < -0.3 is 5.32 Å². The first-order valence-electron chi connectivity index (χ1n) is 6.85. The maximum Gasteiger partial charge on any atom is 0.223 e. The third kappa shape index (κ3) is 9.23. The van der Waals surface area contributed by atoms with E-state index < -0.39 is 0 Å². The fourth-order valence-corrected chi connectivity index (χ4v) is 1.12. The maximum atomic E-state index is 11.9. The van der Waals surface area contributed by atoms with Crippen LogP contribution in [0.1, 0.15) is 41.5 Å². The van der Waals surface area contributed by atoms with Gasteiger partial charge in [-0.25, -0.2) is 0 Å². The minimum absolute atomic E-state index is 0.0233. The summed E-state index contributed by atoms with van der Waals surface area (Å²) in [6.07, 6.45) is 5.33. The lowest BCUT2D eigenvalue weighted by Crippen LogP contribution is -2.38. The molecule has 0 rings (SSSR count). The van der Waals surface area contributed by atoms with E-state index >= 15 is 0 Å². The normalized spacial score (nSPS) is 13.5. The zero-order chi connectivity index (χ0) is 15.5. The first-order chi connectivity index (χ1) is 8.82. The molecule has 0 spiro atoms. The Labute approximate surface area is 118 Å². The Bertz CT molecular complexity index is 322. The number of amides is 1. The Morgan fingerprint density at radius 2 is 1.89 bits per heavy atom. The van der Waals surface area contributed by atoms with E-state index in [0.29, 0.717) is 6.54 Å². The van der Waals surface area contributed by atoms with Gasteiger partial charge >= 0.3 is 0 Å². The molecule has 0 aliphatic rings. The minimum Gasteiger partial charge on any atom is -0.350 e. The topological polar surface area (TPSA) is 41.5 Å². The van der Waals surface area contributed by atoms with Crippen LogP contribution in [-0.2, 0) is 4.79 Å². The second kappa shape index (κ2) is 10.5. The van der Waals surface area contributed by atoms with E-state index in [0.717, 1.165) is 5.71 Å². The number of carbonyl (C=O) groups is 1. The van der Waals surface area contributed by atoms with E-state index in [1.54, 1.807) is 13.1 Å². The van der Waals surface area contributed by atoms with Gasteiger partial charge in [0.15, 0.2) is 0 Å². The van der Waals surface area contributed by atoms with E-state index in [2.05, 4.69) is 37.7 Å². The predicted molar refractivity (Wildman–Crippen MR) is 85.7 cm³/mol. The van der Waals surface area contributed by atoms with Crippen molar-refractivity contribution in [2.75, 3.05) is 13.6 Å². The Hall–Kier alpha value is -1.38. The SMILES string of the molecule is C=C/C=C\C(CNC(=O)[C@@H](C)C(C)(C)C)=NC.CC. The van der Waals surface area contributed by atoms with Crippen LogP contribution in [0.15, 0.2) is 29.8 Å². The number of allylic oxidation sites excluding steroid dienone is 2. The molecule has 0 saturated heterocycles. The summed E-state index contributed by atoms with van der Waals surface area (Å²) < 4.78 is 0. The van der Waals surface area contributed by atoms with Gasteiger partial charge in [0.2, 0.25) is 5.91 Å². The van der Waals surface area contributed by atoms with Crippen molar-refractivity contribution in [1.82, 2.24) is 5.32 Å². The Morgan fingerprint density at radius 1 is 1.37 bits per heavy atom. The number of hydrogen-bond donors (Lipinski definition) is 1. The fraction of sp³-hybridized carbons (Fsp3) is 0.625. The van der Waals surface area contributed by atoms with Gasteiger partial charge in [0.05, 0.1) is 12.3 Å². The van der Waals surface area contributed by atoms with Gasteiger partial charge in [0.1, 0.15) is 0 Å². The third-order valence-electron chi connectivity index (χ3n) is 2.85. The van der Waals surface area contributed by atoms with Gasteiger partial charge in [-0.15, -0.1) is 0 Å². The zero-order valence-electron chi connectivity index (χ0n) is 13.6. The van der Waals surface area contributed by atoms with Crippen LogP contribution in [0.2, 0.25) is 0 Å². The van der Waals surface area contributed by atoms with Crippen molar-refractivity contribution < 1.29 is 4.79 Å². The average Bonchev–Trinajstić information content (AvgIpc) is 2.39. The molecule has 0 heterocycles. The summed E-state index contributed by atoms with van der Waals surface area (Å²) in [6.45, 7) is 16.2. The molecule has 1 amide bonds. The highest BCUT2D eigenvalue weighted by molar-refractivity contribution is 5.98. The van der Waals surface area contributed by atoms with Crippen molar-refractivity contribution in [3.63, 3.8) is 0 Å². The summed E-state index contributed by atoms with van der Waals surface area (Å²) in [6, 6.07) is 0. The van der Waals surface area contributed by atoms with Crippen molar-refractivity contribution >= 4 is 11.6 Å². The maximum absolute atomic E-state index is 11.9. The molecule has 0 aliphatic heterocycles. The predicted octanol–water partition coefficient (Wildman–Crippen LogP) is 3.62. The molecule has 1 atom stereocenters. The van der Waals surface area contributed by atoms with E-state index in [4.69, 9.17) is 0 Å². The van der Waals surface area contributed by atoms with Crippen molar-refractivity contribution in [2.24, 2.45) is 16.3 Å². The highest BCUT2D eigenvalue weighted by Crippen LogP contribution is 2.25. The molecule has 3 nitrogen and oxygen atoms in total. The van der Waals surface area contributed by atoms with E-state index in [9.17, 15) is 4.79 Å². The minimum atomic E-state index is -0.0241. The smallest absolute Gasteiger partial charge is 0.223 e. The molecule has 110 valence electrons. The van der Waals surface area contributed by atoms with Gasteiger partial charge in [-0.05, 0) is 11.5 Å². The molecule has 0 radical (unpaired) electrons. The molecule has 0 aromatic carbocycles. The lowest BCUT2D eigenvalue weighted by molar-refractivity contribution is -0.127. The lowest BCUT2D eigenvalue weighted by Gasteiger charge is -2.26. The standard InChI is InChI=1S/C14H24N2O.C2H6/c1-7-8-9-12(15-6)10-16-13(17)11(2)14(3,4)5;1-2/h7-9,11H,1,10H2,2-6H3,(H,16,17);1-2H3/b9-8-,15-12?;/t11-;/m1./s1. The van der Waals surface area contributed by atoms with E-state index in [1.165, 1.54) is 0 Å². The van der Waals surface area contributed by atoms with Crippen molar-refractivity contribution in [3.05, 3.63) is 24.8 Å². The summed E-state index contributed by atoms with van der Waals surface area (Å²) in [7, 11) is 1.71. The van der Waals surface area contributed by atoms with Gasteiger partial charge in [-0.3, -0.25) is 9.79 Å². The highest BCUT2D eigenvalue weighted by Gasteiger charge is 2.26. The summed E-state index contributed by atoms with van der Waals surface area (Å²) >= 11 is 0. The van der Waals surface area contributed by atoms with Crippen LogP contribution in [-0.4, -0.2) is 25.2 Å². The summed E-state index contributed by atoms with van der Waals surface area (Å²) in [5, 5.41) is 2.89. The number of carbonyl (C=O) groups excluding carboxylic acids is 1. The second-order valence-electron chi connectivity index (χ2n) is 5.12. The van der Waals surface area contributed by atoms with Gasteiger partial charge in [0, 0.05) is 13.0 Å². The molecule has 0 aromatic rings. The first-order valence-corrected chi connectivity index (χ1v) is 6.85. The van der Waals surface area contributed by atoms with Crippen LogP contribution in [0, 0.1) is 11.3 Å². The molecule has 0 saturated carbocycles. The van der Waals surface area contributed by atoms with Crippen molar-refractivity contribution in [1.29, 1.82) is 0 Å². The van der Waals surface area contributed by atoms with Gasteiger partial charge in [-0.1, -0.05) is 60.3 Å². The van der Waals surface area contributed by atoms with Crippen LogP contribution in [0.5, 0.6) is 0 Å². The van der Waals surface area contributed by atoms with Crippen LogP contribution in [0.25, 0.3) is 0 Å². The molecule has 0 fully saturated rings. The molecule has 0 aliphatic carbocycles. The quantitative estimate of drug-likeness (QED) is 0.599. The van der Waals surface area contributed by atoms with E-state index in [-0.39, 0.29) is 17.2 Å². The molecule has 19 heavy (non-hydrogen) atoms. The molecule has 0 unspecified atom stereocenters. The molecule has 1 N–H and O–H groups in total. The van der Waals surface area contributed by atoms with Crippen LogP contribution in [0.4, 0.5) is 0 Å². The van der Waals surface area contributed by atoms with Gasteiger partial charge in [0.25, 0.3) is 0 Å². The largest absolute Gasteiger partial charge is 0.350 e. The number of hydrogen-bond acceptors (Lipinski definition) is 2. The summed E-state index contributed by atoms with van der Waals surface area (Å²) in [5.41, 5.74) is 0.809. The fourth-order valence-electron chi connectivity index (χ4n) is 1.12. The van der Waals surface area contributed by atoms with Crippen molar-refractivity contribution in [2.45, 2.75) is 41.5 Å². The molecule has 0 bridgehead atoms. The highest BCUT2D eigenvalue weighted by atomic mass is 16.1. The molecular weight excluding hydrogens is 236 g/mol. The third-order valence-corrected chi connectivity index (χ3v) is 2.85. The zero-order valence-corrected chi connectivity index (χ0v) is 13.6. The van der Waals surface area contributed by atoms with Crippen LogP contribution in [0.3, 0.4) is 0 Å². The monoisotopic (exact) mass is 266 g/mol. The van der Waals surface area contributed by atoms with Gasteiger partial charge in [-0.2, -0.15) is 0 Å². The first kappa shape index (κ1) is 19.9. The molecule has 0 aromatic heterocycles. The number of nitrogens with zero attached hydrogens (tertiary/aromatic N) is 1. The second-order valence-corrected chi connectivity index (χ2v) is 5.12. The lowest BCUT2D eigenvalue weighted by atomic mass is 9.81. The van der Waals surface area contributed by atoms with E-state index in [1.807, 2.05) is 32.9 Å². The Kier molecular flexibility index (Phi) is 11.1. The number of aliphatic imine (C=N–C) groups is 1. The molecular formula is C16H30N2O. The summed E-state index contributed by atoms with van der Waals surface area (Å²) in [4.78, 5) is 16.0. The van der Waals surface area contributed by atoms with Crippen LogP contribution < -0.4 is 5.32 Å². The Balaban J connectivity index is 0. The van der Waals surface area contributed by atoms with Crippen LogP contribution >= 0.6 is 0 Å². The summed E-state index contributed by atoms with van der Waals surface area (Å²) in [5.74, 6) is 0.0367. The number of nitrogens with one attached hydrogen (secondary N) is 1. The average molecular weight is 266 g/mol. The number of rotatable bonds is 5. The Morgan fingerprint density at radius 3 is 2.26 bits per heavy atom. The van der Waals surface area contributed by atoms with Crippen molar-refractivity contribution in [3.8, 4) is 0 Å². The molecule has 3 heteroatoms.